The summed E-state index contributed by atoms with van der Waals surface area (Å²) in [5.41, 5.74) is 1.60. The van der Waals surface area contributed by atoms with Gasteiger partial charge in [-0.15, -0.1) is 11.3 Å². The van der Waals surface area contributed by atoms with Gasteiger partial charge < -0.3 is 9.84 Å². The molecule has 0 saturated carbocycles. The predicted molar refractivity (Wildman–Crippen MR) is 84.9 cm³/mol. The first-order valence-corrected chi connectivity index (χ1v) is 7.49. The first kappa shape index (κ1) is 13.6. The molecule has 21 heavy (non-hydrogen) atoms. The molecule has 3 rings (SSSR count). The van der Waals surface area contributed by atoms with Crippen LogP contribution >= 0.6 is 11.3 Å². The molecule has 3 nitrogen and oxygen atoms in total. The lowest BCUT2D eigenvalue weighted by atomic mass is 10.1. The quantitative estimate of drug-likeness (QED) is 0.727. The number of hydrogen-bond acceptors (Lipinski definition) is 4. The minimum absolute atomic E-state index is 0.268. The van der Waals surface area contributed by atoms with E-state index in [4.69, 9.17) is 4.74 Å². The Kier molecular flexibility index (Phi) is 3.62. The molecule has 0 amide bonds. The second-order valence-electron chi connectivity index (χ2n) is 4.63. The summed E-state index contributed by atoms with van der Waals surface area (Å²) in [6, 6.07) is 14.8. The molecule has 4 heteroatoms. The number of esters is 1. The molecule has 2 aromatic carbocycles. The molecule has 1 N–H and O–H groups in total. The number of fused-ring (bicyclic) bond motifs is 1. The van der Waals surface area contributed by atoms with E-state index in [2.05, 4.69) is 0 Å². The first-order valence-electron chi connectivity index (χ1n) is 6.67. The van der Waals surface area contributed by atoms with Crippen molar-refractivity contribution in [3.63, 3.8) is 0 Å². The zero-order valence-corrected chi connectivity index (χ0v) is 12.3. The summed E-state index contributed by atoms with van der Waals surface area (Å²) >= 11 is 1.66. The molecular formula is C17H14O3S. The molecule has 0 saturated heterocycles. The van der Waals surface area contributed by atoms with E-state index >= 15 is 0 Å². The summed E-state index contributed by atoms with van der Waals surface area (Å²) in [4.78, 5) is 12.7. The summed E-state index contributed by atoms with van der Waals surface area (Å²) in [7, 11) is 0. The molecule has 0 bridgehead atoms. The number of benzene rings is 2. The molecule has 0 aliphatic heterocycles. The Labute approximate surface area is 126 Å². The van der Waals surface area contributed by atoms with Gasteiger partial charge in [0, 0.05) is 9.58 Å². The summed E-state index contributed by atoms with van der Waals surface area (Å²) < 4.78 is 6.09. The number of carbonyl (C=O) groups excluding carboxylic acids is 1. The van der Waals surface area contributed by atoms with E-state index in [9.17, 15) is 9.90 Å². The fourth-order valence-electron chi connectivity index (χ4n) is 2.16. The Balaban J connectivity index is 1.93. The van der Waals surface area contributed by atoms with Gasteiger partial charge in [0.15, 0.2) is 0 Å². The van der Waals surface area contributed by atoms with E-state index in [1.165, 1.54) is 0 Å². The lowest BCUT2D eigenvalue weighted by Gasteiger charge is -2.02. The monoisotopic (exact) mass is 298 g/mol. The number of ether oxygens (including phenoxy) is 1. The van der Waals surface area contributed by atoms with Crippen LogP contribution in [0.3, 0.4) is 0 Å². The highest BCUT2D eigenvalue weighted by atomic mass is 32.1. The van der Waals surface area contributed by atoms with Crippen molar-refractivity contribution >= 4 is 27.4 Å². The summed E-state index contributed by atoms with van der Waals surface area (Å²) in [6.45, 7) is 2.17. The number of carbonyl (C=O) groups is 1. The van der Waals surface area contributed by atoms with Gasteiger partial charge >= 0.3 is 5.97 Å². The number of rotatable bonds is 3. The van der Waals surface area contributed by atoms with E-state index in [1.807, 2.05) is 24.3 Å². The van der Waals surface area contributed by atoms with Crippen LogP contribution in [0, 0.1) is 0 Å². The fraction of sp³-hybridized carbons (Fsp3) is 0.118. The molecular weight excluding hydrogens is 284 g/mol. The van der Waals surface area contributed by atoms with Crippen molar-refractivity contribution in [2.75, 3.05) is 6.61 Å². The van der Waals surface area contributed by atoms with E-state index in [1.54, 1.807) is 42.5 Å². The van der Waals surface area contributed by atoms with Gasteiger partial charge in [0.25, 0.3) is 0 Å². The van der Waals surface area contributed by atoms with Gasteiger partial charge in [-0.05, 0) is 54.3 Å². The van der Waals surface area contributed by atoms with Crippen LogP contribution in [0.5, 0.6) is 5.75 Å². The smallest absolute Gasteiger partial charge is 0.338 e. The standard InChI is InChI=1S/C17H14O3S/c1-2-20-17(19)12-5-3-11(4-6-12)16-10-13-9-14(18)7-8-15(13)21-16/h3-10,18H,2H2,1H3. The maximum absolute atomic E-state index is 11.6. The normalized spacial score (nSPS) is 10.7. The van der Waals surface area contributed by atoms with Crippen molar-refractivity contribution in [3.8, 4) is 16.2 Å². The van der Waals surface area contributed by atoms with Crippen LogP contribution < -0.4 is 0 Å². The van der Waals surface area contributed by atoms with Crippen molar-refractivity contribution in [3.05, 3.63) is 54.1 Å². The van der Waals surface area contributed by atoms with Crippen molar-refractivity contribution in [1.82, 2.24) is 0 Å². The van der Waals surface area contributed by atoms with Gasteiger partial charge in [-0.3, -0.25) is 0 Å². The van der Waals surface area contributed by atoms with Crippen molar-refractivity contribution < 1.29 is 14.6 Å². The van der Waals surface area contributed by atoms with Crippen LogP contribution in [0.1, 0.15) is 17.3 Å². The average molecular weight is 298 g/mol. The molecule has 0 unspecified atom stereocenters. The largest absolute Gasteiger partial charge is 0.508 e. The highest BCUT2D eigenvalue weighted by Crippen LogP contribution is 2.35. The third-order valence-electron chi connectivity index (χ3n) is 3.18. The van der Waals surface area contributed by atoms with E-state index < -0.39 is 0 Å². The van der Waals surface area contributed by atoms with Crippen molar-refractivity contribution in [2.24, 2.45) is 0 Å². The van der Waals surface area contributed by atoms with Gasteiger partial charge in [0.2, 0.25) is 0 Å². The molecule has 1 aromatic heterocycles. The first-order chi connectivity index (χ1) is 10.2. The van der Waals surface area contributed by atoms with Crippen molar-refractivity contribution in [2.45, 2.75) is 6.92 Å². The highest BCUT2D eigenvalue weighted by molar-refractivity contribution is 7.22. The Morgan fingerprint density at radius 3 is 2.62 bits per heavy atom. The second kappa shape index (κ2) is 5.58. The van der Waals surface area contributed by atoms with Crippen LogP contribution in [-0.2, 0) is 4.74 Å². The summed E-state index contributed by atoms with van der Waals surface area (Å²) in [6.07, 6.45) is 0. The van der Waals surface area contributed by atoms with Crippen LogP contribution in [-0.4, -0.2) is 17.7 Å². The molecule has 0 aliphatic rings. The molecule has 0 fully saturated rings. The Hall–Kier alpha value is -2.33. The Morgan fingerprint density at radius 1 is 1.14 bits per heavy atom. The van der Waals surface area contributed by atoms with E-state index in [0.717, 1.165) is 20.5 Å². The van der Waals surface area contributed by atoms with Gasteiger partial charge in [-0.2, -0.15) is 0 Å². The molecule has 0 radical (unpaired) electrons. The summed E-state index contributed by atoms with van der Waals surface area (Å²) in [5, 5.41) is 10.5. The Morgan fingerprint density at radius 2 is 1.90 bits per heavy atom. The van der Waals surface area contributed by atoms with Crippen LogP contribution in [0.2, 0.25) is 0 Å². The number of phenolic OH excluding ortho intramolecular Hbond substituents is 1. The van der Waals surface area contributed by atoms with E-state index in [-0.39, 0.29) is 11.7 Å². The van der Waals surface area contributed by atoms with Gasteiger partial charge in [-0.25, -0.2) is 4.79 Å². The third-order valence-corrected chi connectivity index (χ3v) is 4.35. The fourth-order valence-corrected chi connectivity index (χ4v) is 3.21. The maximum Gasteiger partial charge on any atom is 0.338 e. The number of hydrogen-bond donors (Lipinski definition) is 1. The predicted octanol–water partition coefficient (Wildman–Crippen LogP) is 4.45. The molecule has 106 valence electrons. The number of thiophene rings is 1. The maximum atomic E-state index is 11.6. The SMILES string of the molecule is CCOC(=O)c1ccc(-c2cc3cc(O)ccc3s2)cc1. The molecule has 3 aromatic rings. The summed E-state index contributed by atoms with van der Waals surface area (Å²) in [5.74, 6) is -0.0326. The van der Waals surface area contributed by atoms with Gasteiger partial charge in [0.05, 0.1) is 12.2 Å². The number of aromatic hydroxyl groups is 1. The van der Waals surface area contributed by atoms with E-state index in [0.29, 0.717) is 12.2 Å². The highest BCUT2D eigenvalue weighted by Gasteiger charge is 2.08. The second-order valence-corrected chi connectivity index (χ2v) is 5.71. The lowest BCUT2D eigenvalue weighted by Crippen LogP contribution is -2.03. The zero-order chi connectivity index (χ0) is 14.8. The molecule has 0 spiro atoms. The van der Waals surface area contributed by atoms with Crippen LogP contribution in [0.15, 0.2) is 48.5 Å². The van der Waals surface area contributed by atoms with Crippen molar-refractivity contribution in [1.29, 1.82) is 0 Å². The lowest BCUT2D eigenvalue weighted by molar-refractivity contribution is 0.0526. The Bertz CT molecular complexity index is 787. The minimum Gasteiger partial charge on any atom is -0.508 e. The third kappa shape index (κ3) is 2.76. The van der Waals surface area contributed by atoms with Gasteiger partial charge in [-0.1, -0.05) is 12.1 Å². The zero-order valence-electron chi connectivity index (χ0n) is 11.5. The molecule has 0 atom stereocenters. The topological polar surface area (TPSA) is 46.5 Å². The van der Waals surface area contributed by atoms with Gasteiger partial charge in [0.1, 0.15) is 5.75 Å². The van der Waals surface area contributed by atoms with Crippen LogP contribution in [0.25, 0.3) is 20.5 Å². The average Bonchev–Trinajstić information content (AvgIpc) is 2.90. The number of phenols is 1. The molecule has 1 heterocycles. The molecule has 0 aliphatic carbocycles. The minimum atomic E-state index is -0.301. The van der Waals surface area contributed by atoms with Crippen LogP contribution in [0.4, 0.5) is 0 Å².